The van der Waals surface area contributed by atoms with Gasteiger partial charge in [0.15, 0.2) is 0 Å². The Kier molecular flexibility index (Phi) is 6.13. The van der Waals surface area contributed by atoms with E-state index >= 15 is 0 Å². The van der Waals surface area contributed by atoms with Crippen molar-refractivity contribution in [1.29, 1.82) is 0 Å². The number of fused-ring (bicyclic) bond motifs is 1. The molecule has 0 atom stereocenters. The summed E-state index contributed by atoms with van der Waals surface area (Å²) in [4.78, 5) is 12.1. The van der Waals surface area contributed by atoms with Crippen molar-refractivity contribution >= 4 is 28.3 Å². The van der Waals surface area contributed by atoms with E-state index in [2.05, 4.69) is 29.6 Å². The summed E-state index contributed by atoms with van der Waals surface area (Å²) < 4.78 is 5.61. The van der Waals surface area contributed by atoms with Crippen molar-refractivity contribution in [2.24, 2.45) is 0 Å². The fraction of sp³-hybridized carbons (Fsp3) is 0.227. The molecule has 0 spiro atoms. The lowest BCUT2D eigenvalue weighted by atomic mass is 10.0. The summed E-state index contributed by atoms with van der Waals surface area (Å²) in [6.45, 7) is 2.83. The average Bonchev–Trinajstić information content (AvgIpc) is 2.66. The quantitative estimate of drug-likeness (QED) is 0.601. The highest BCUT2D eigenvalue weighted by atomic mass is 35.5. The molecule has 3 aromatic carbocycles. The van der Waals surface area contributed by atoms with Crippen LogP contribution in [-0.4, -0.2) is 19.1 Å². The second-order valence-electron chi connectivity index (χ2n) is 6.25. The van der Waals surface area contributed by atoms with Gasteiger partial charge in [0.2, 0.25) is 5.91 Å². The molecule has 3 rings (SSSR count). The van der Waals surface area contributed by atoms with Crippen LogP contribution < -0.4 is 10.1 Å². The van der Waals surface area contributed by atoms with Crippen LogP contribution in [-0.2, 0) is 11.2 Å². The van der Waals surface area contributed by atoms with Crippen LogP contribution >= 0.6 is 11.6 Å². The van der Waals surface area contributed by atoms with E-state index in [0.717, 1.165) is 12.0 Å². The van der Waals surface area contributed by atoms with E-state index < -0.39 is 0 Å². The van der Waals surface area contributed by atoms with Crippen molar-refractivity contribution in [2.75, 3.05) is 13.2 Å². The van der Waals surface area contributed by atoms with Gasteiger partial charge in [-0.15, -0.1) is 0 Å². The molecule has 0 heterocycles. The topological polar surface area (TPSA) is 38.3 Å². The fourth-order valence-corrected chi connectivity index (χ4v) is 3.04. The van der Waals surface area contributed by atoms with Gasteiger partial charge in [-0.2, -0.15) is 0 Å². The van der Waals surface area contributed by atoms with Gasteiger partial charge in [-0.05, 0) is 47.4 Å². The van der Waals surface area contributed by atoms with Crippen molar-refractivity contribution in [2.45, 2.75) is 19.8 Å². The first kappa shape index (κ1) is 18.3. The largest absolute Gasteiger partial charge is 0.492 e. The monoisotopic (exact) mass is 367 g/mol. The molecule has 1 N–H and O–H groups in total. The predicted molar refractivity (Wildman–Crippen MR) is 107 cm³/mol. The van der Waals surface area contributed by atoms with Gasteiger partial charge in [0.25, 0.3) is 0 Å². The summed E-state index contributed by atoms with van der Waals surface area (Å²) in [5, 5.41) is 6.00. The van der Waals surface area contributed by atoms with Crippen LogP contribution in [0.25, 0.3) is 10.8 Å². The maximum absolute atomic E-state index is 12.1. The SMILES string of the molecule is Cc1ccc(OCCNC(=O)CCc2cccc3ccccc23)cc1Cl. The minimum Gasteiger partial charge on any atom is -0.492 e. The van der Waals surface area contributed by atoms with Crippen molar-refractivity contribution in [3.05, 3.63) is 76.8 Å². The van der Waals surface area contributed by atoms with Gasteiger partial charge in [0.05, 0.1) is 6.54 Å². The van der Waals surface area contributed by atoms with Crippen LogP contribution in [0.5, 0.6) is 5.75 Å². The smallest absolute Gasteiger partial charge is 0.220 e. The first-order valence-corrected chi connectivity index (χ1v) is 9.13. The molecule has 0 aromatic heterocycles. The van der Waals surface area contributed by atoms with E-state index in [1.165, 1.54) is 16.3 Å². The van der Waals surface area contributed by atoms with Crippen LogP contribution in [0.3, 0.4) is 0 Å². The Morgan fingerprint density at radius 2 is 1.88 bits per heavy atom. The van der Waals surface area contributed by atoms with Crippen molar-refractivity contribution in [3.63, 3.8) is 0 Å². The first-order valence-electron chi connectivity index (χ1n) is 8.76. The van der Waals surface area contributed by atoms with Gasteiger partial charge >= 0.3 is 0 Å². The third-order valence-corrected chi connectivity index (χ3v) is 4.74. The summed E-state index contributed by atoms with van der Waals surface area (Å²) >= 11 is 6.07. The van der Waals surface area contributed by atoms with Crippen LogP contribution in [0.2, 0.25) is 5.02 Å². The molecule has 0 radical (unpaired) electrons. The van der Waals surface area contributed by atoms with E-state index in [1.54, 1.807) is 6.07 Å². The number of carbonyl (C=O) groups is 1. The number of rotatable bonds is 7. The Balaban J connectivity index is 1.43. The Bertz CT molecular complexity index is 902. The molecule has 26 heavy (non-hydrogen) atoms. The lowest BCUT2D eigenvalue weighted by molar-refractivity contribution is -0.121. The molecule has 0 fully saturated rings. The molecule has 134 valence electrons. The third-order valence-electron chi connectivity index (χ3n) is 4.34. The zero-order valence-electron chi connectivity index (χ0n) is 14.8. The minimum atomic E-state index is 0.0310. The van der Waals surface area contributed by atoms with Gasteiger partial charge in [-0.1, -0.05) is 60.1 Å². The van der Waals surface area contributed by atoms with Crippen molar-refractivity contribution in [1.82, 2.24) is 5.32 Å². The number of nitrogens with one attached hydrogen (secondary N) is 1. The van der Waals surface area contributed by atoms with Gasteiger partial charge in [-0.25, -0.2) is 0 Å². The number of benzene rings is 3. The number of halogens is 1. The molecule has 4 heteroatoms. The maximum atomic E-state index is 12.1. The van der Waals surface area contributed by atoms with Crippen LogP contribution in [0.1, 0.15) is 17.5 Å². The molecular weight excluding hydrogens is 346 g/mol. The predicted octanol–water partition coefficient (Wildman–Crippen LogP) is 4.93. The molecule has 0 aliphatic heterocycles. The van der Waals surface area contributed by atoms with E-state index in [1.807, 2.05) is 37.3 Å². The summed E-state index contributed by atoms with van der Waals surface area (Å²) in [6.07, 6.45) is 1.19. The van der Waals surface area contributed by atoms with Gasteiger partial charge < -0.3 is 10.1 Å². The molecule has 3 aromatic rings. The lowest BCUT2D eigenvalue weighted by Crippen LogP contribution is -2.28. The Morgan fingerprint density at radius 3 is 2.73 bits per heavy atom. The molecule has 0 aliphatic rings. The second kappa shape index (κ2) is 8.72. The van der Waals surface area contributed by atoms with Crippen LogP contribution in [0.15, 0.2) is 60.7 Å². The highest BCUT2D eigenvalue weighted by Crippen LogP contribution is 2.21. The summed E-state index contributed by atoms with van der Waals surface area (Å²) in [5.41, 5.74) is 2.21. The summed E-state index contributed by atoms with van der Waals surface area (Å²) in [5.74, 6) is 0.745. The molecule has 1 amide bonds. The number of amides is 1. The number of hydrogen-bond acceptors (Lipinski definition) is 2. The number of carbonyl (C=O) groups excluding carboxylic acids is 1. The number of hydrogen-bond donors (Lipinski definition) is 1. The normalized spacial score (nSPS) is 10.7. The molecule has 0 aliphatic carbocycles. The first-order chi connectivity index (χ1) is 12.6. The number of aryl methyl sites for hydroxylation is 2. The minimum absolute atomic E-state index is 0.0310. The highest BCUT2D eigenvalue weighted by molar-refractivity contribution is 6.31. The number of ether oxygens (including phenoxy) is 1. The van der Waals surface area contributed by atoms with Gasteiger partial charge in [0, 0.05) is 11.4 Å². The van der Waals surface area contributed by atoms with Gasteiger partial charge in [0.1, 0.15) is 12.4 Å². The second-order valence-corrected chi connectivity index (χ2v) is 6.65. The molecule has 0 saturated carbocycles. The van der Waals surface area contributed by atoms with Crippen LogP contribution in [0, 0.1) is 6.92 Å². The van der Waals surface area contributed by atoms with Crippen molar-refractivity contribution < 1.29 is 9.53 Å². The van der Waals surface area contributed by atoms with E-state index in [0.29, 0.717) is 30.3 Å². The Labute approximate surface area is 158 Å². The lowest BCUT2D eigenvalue weighted by Gasteiger charge is -2.09. The molecule has 0 bridgehead atoms. The summed E-state index contributed by atoms with van der Waals surface area (Å²) in [7, 11) is 0. The van der Waals surface area contributed by atoms with Gasteiger partial charge in [-0.3, -0.25) is 4.79 Å². The molecular formula is C22H22ClNO2. The average molecular weight is 368 g/mol. The third kappa shape index (κ3) is 4.77. The van der Waals surface area contributed by atoms with E-state index in [-0.39, 0.29) is 5.91 Å². The van der Waals surface area contributed by atoms with Crippen molar-refractivity contribution in [3.8, 4) is 5.75 Å². The fourth-order valence-electron chi connectivity index (χ4n) is 2.87. The van der Waals surface area contributed by atoms with Crippen LogP contribution in [0.4, 0.5) is 0 Å². The maximum Gasteiger partial charge on any atom is 0.220 e. The Hall–Kier alpha value is -2.52. The van der Waals surface area contributed by atoms with E-state index in [4.69, 9.17) is 16.3 Å². The van der Waals surface area contributed by atoms with E-state index in [9.17, 15) is 4.79 Å². The molecule has 0 saturated heterocycles. The zero-order valence-corrected chi connectivity index (χ0v) is 15.6. The molecule has 0 unspecified atom stereocenters. The highest BCUT2D eigenvalue weighted by Gasteiger charge is 2.05. The summed E-state index contributed by atoms with van der Waals surface area (Å²) in [6, 6.07) is 20.0. The Morgan fingerprint density at radius 1 is 1.08 bits per heavy atom. The standard InChI is InChI=1S/C22H22ClNO2/c1-16-9-11-19(15-21(16)23)26-14-13-24-22(25)12-10-18-7-4-6-17-5-2-3-8-20(17)18/h2-9,11,15H,10,12-14H2,1H3,(H,24,25). The molecule has 3 nitrogen and oxygen atoms in total. The zero-order chi connectivity index (χ0) is 18.4.